The van der Waals surface area contributed by atoms with E-state index in [1.165, 1.54) is 0 Å². The zero-order chi connectivity index (χ0) is 24.5. The summed E-state index contributed by atoms with van der Waals surface area (Å²) < 4.78 is 27.5. The number of sulfonamides is 1. The highest BCUT2D eigenvalue weighted by Gasteiger charge is 2.42. The molecule has 0 saturated carbocycles. The average Bonchev–Trinajstić information content (AvgIpc) is 2.99. The molecule has 3 aromatic rings. The largest absolute Gasteiger partial charge is 0.348 e. The molecule has 6 nitrogen and oxygen atoms in total. The van der Waals surface area contributed by atoms with E-state index in [0.717, 1.165) is 21.0 Å². The third-order valence-corrected chi connectivity index (χ3v) is 7.98. The van der Waals surface area contributed by atoms with Crippen molar-refractivity contribution >= 4 is 26.7 Å². The Hall–Kier alpha value is -3.71. The Morgan fingerprint density at radius 2 is 1.53 bits per heavy atom. The highest BCUT2D eigenvalue weighted by Crippen LogP contribution is 2.37. The Bertz CT molecular complexity index is 1390. The predicted molar refractivity (Wildman–Crippen MR) is 132 cm³/mol. The van der Waals surface area contributed by atoms with Crippen molar-refractivity contribution in [3.05, 3.63) is 112 Å². The van der Waals surface area contributed by atoms with Gasteiger partial charge in [-0.15, -0.1) is 0 Å². The van der Waals surface area contributed by atoms with Gasteiger partial charge in [-0.3, -0.25) is 9.59 Å². The number of benzene rings is 3. The summed E-state index contributed by atoms with van der Waals surface area (Å²) in [6.45, 7) is 5.72. The molecule has 4 rings (SSSR count). The van der Waals surface area contributed by atoms with Crippen LogP contribution in [0.25, 0.3) is 4.91 Å². The van der Waals surface area contributed by atoms with Crippen LogP contribution in [-0.4, -0.2) is 24.5 Å². The van der Waals surface area contributed by atoms with Gasteiger partial charge in [0.15, 0.2) is 0 Å². The van der Waals surface area contributed by atoms with Gasteiger partial charge in [0.05, 0.1) is 6.54 Å². The average molecular weight is 475 g/mol. The third kappa shape index (κ3) is 4.52. The fourth-order valence-corrected chi connectivity index (χ4v) is 5.70. The van der Waals surface area contributed by atoms with Crippen molar-refractivity contribution in [3.63, 3.8) is 0 Å². The molecule has 1 aliphatic heterocycles. The second-order valence-electron chi connectivity index (χ2n) is 8.44. The van der Waals surface area contributed by atoms with Crippen molar-refractivity contribution in [2.75, 3.05) is 0 Å². The number of carbonyl (C=O) groups excluding carboxylic acids is 2. The summed E-state index contributed by atoms with van der Waals surface area (Å²) in [7, 11) is -3.99. The van der Waals surface area contributed by atoms with Gasteiger partial charge < -0.3 is 5.32 Å². The number of nitrogens with one attached hydrogen (secondary N) is 1. The summed E-state index contributed by atoms with van der Waals surface area (Å²) >= 11 is 0. The molecule has 0 aliphatic carbocycles. The van der Waals surface area contributed by atoms with Gasteiger partial charge in [-0.05, 0) is 60.7 Å². The van der Waals surface area contributed by atoms with E-state index in [1.807, 2.05) is 50.2 Å². The molecule has 0 bridgehead atoms. The zero-order valence-electron chi connectivity index (χ0n) is 19.3. The highest BCUT2D eigenvalue weighted by molar-refractivity contribution is 7.99. The van der Waals surface area contributed by atoms with Crippen LogP contribution in [-0.2, 0) is 27.9 Å². The lowest BCUT2D eigenvalue weighted by atomic mass is 10.0. The summed E-state index contributed by atoms with van der Waals surface area (Å²) in [4.78, 5) is 25.4. The van der Waals surface area contributed by atoms with Gasteiger partial charge in [-0.2, -0.15) is 0 Å². The molecule has 0 saturated heterocycles. The van der Waals surface area contributed by atoms with E-state index in [9.17, 15) is 18.0 Å². The summed E-state index contributed by atoms with van der Waals surface area (Å²) in [6, 6.07) is 21.6. The Morgan fingerprint density at radius 1 is 0.853 bits per heavy atom. The SMILES string of the molecule is CC1=C(c2ccc(C)c(C)c2)S(=O)(=O)N(Cc2ccc(C(=O)NCc3ccccc3)cc2)C1=O. The number of aryl methyl sites for hydroxylation is 2. The minimum atomic E-state index is -3.99. The van der Waals surface area contributed by atoms with Crippen LogP contribution in [0.1, 0.15) is 45.1 Å². The molecule has 1 heterocycles. The first-order valence-electron chi connectivity index (χ1n) is 10.9. The molecule has 0 radical (unpaired) electrons. The Kier molecular flexibility index (Phi) is 6.39. The number of amides is 2. The normalized spacial score (nSPS) is 15.0. The maximum absolute atomic E-state index is 13.3. The van der Waals surface area contributed by atoms with E-state index in [1.54, 1.807) is 43.3 Å². The summed E-state index contributed by atoms with van der Waals surface area (Å²) in [5.74, 6) is -0.757. The van der Waals surface area contributed by atoms with Crippen LogP contribution < -0.4 is 5.32 Å². The molecule has 3 aromatic carbocycles. The maximum atomic E-state index is 13.3. The lowest BCUT2D eigenvalue weighted by Gasteiger charge is -2.17. The molecule has 7 heteroatoms. The van der Waals surface area contributed by atoms with Crippen molar-refractivity contribution in [2.45, 2.75) is 33.9 Å². The van der Waals surface area contributed by atoms with Gasteiger partial charge in [0.25, 0.3) is 21.8 Å². The van der Waals surface area contributed by atoms with Crippen LogP contribution in [0.5, 0.6) is 0 Å². The monoisotopic (exact) mass is 474 g/mol. The van der Waals surface area contributed by atoms with Crippen LogP contribution in [0, 0.1) is 13.8 Å². The maximum Gasteiger partial charge on any atom is 0.268 e. The van der Waals surface area contributed by atoms with Crippen LogP contribution in [0.2, 0.25) is 0 Å². The van der Waals surface area contributed by atoms with Crippen LogP contribution >= 0.6 is 0 Å². The zero-order valence-corrected chi connectivity index (χ0v) is 20.1. The first-order valence-corrected chi connectivity index (χ1v) is 12.4. The topological polar surface area (TPSA) is 83.6 Å². The molecule has 0 aromatic heterocycles. The molecule has 2 amide bonds. The molecule has 0 atom stereocenters. The molecule has 1 N–H and O–H groups in total. The van der Waals surface area contributed by atoms with Gasteiger partial charge >= 0.3 is 0 Å². The highest BCUT2D eigenvalue weighted by atomic mass is 32.2. The van der Waals surface area contributed by atoms with E-state index < -0.39 is 15.9 Å². The van der Waals surface area contributed by atoms with Gasteiger partial charge in [0.1, 0.15) is 4.91 Å². The molecule has 0 fully saturated rings. The Balaban J connectivity index is 1.49. The van der Waals surface area contributed by atoms with Crippen molar-refractivity contribution in [1.82, 2.24) is 9.62 Å². The quantitative estimate of drug-likeness (QED) is 0.576. The van der Waals surface area contributed by atoms with Gasteiger partial charge in [0, 0.05) is 17.7 Å². The molecule has 0 unspecified atom stereocenters. The number of rotatable bonds is 6. The van der Waals surface area contributed by atoms with E-state index in [0.29, 0.717) is 23.2 Å². The minimum absolute atomic E-state index is 0.0532. The Morgan fingerprint density at radius 3 is 2.18 bits per heavy atom. The predicted octanol–water partition coefficient (Wildman–Crippen LogP) is 4.34. The van der Waals surface area contributed by atoms with E-state index in [-0.39, 0.29) is 22.9 Å². The number of hydrogen-bond acceptors (Lipinski definition) is 4. The van der Waals surface area contributed by atoms with E-state index in [4.69, 9.17) is 0 Å². The van der Waals surface area contributed by atoms with Crippen LogP contribution in [0.4, 0.5) is 0 Å². The molecule has 34 heavy (non-hydrogen) atoms. The van der Waals surface area contributed by atoms with Crippen molar-refractivity contribution in [1.29, 1.82) is 0 Å². The van der Waals surface area contributed by atoms with Gasteiger partial charge in [0.2, 0.25) is 0 Å². The summed E-state index contributed by atoms with van der Waals surface area (Å²) in [5.41, 5.74) is 4.80. The van der Waals surface area contributed by atoms with E-state index in [2.05, 4.69) is 5.32 Å². The minimum Gasteiger partial charge on any atom is -0.348 e. The summed E-state index contributed by atoms with van der Waals surface area (Å²) in [6.07, 6.45) is 0. The lowest BCUT2D eigenvalue weighted by molar-refractivity contribution is -0.122. The smallest absolute Gasteiger partial charge is 0.268 e. The molecular formula is C27H26N2O4S. The second kappa shape index (κ2) is 9.27. The van der Waals surface area contributed by atoms with Gasteiger partial charge in [-0.1, -0.05) is 60.7 Å². The fourth-order valence-electron chi connectivity index (χ4n) is 3.91. The second-order valence-corrected chi connectivity index (χ2v) is 10.2. The first kappa shape index (κ1) is 23.4. The summed E-state index contributed by atoms with van der Waals surface area (Å²) in [5, 5.41) is 2.86. The third-order valence-electron chi connectivity index (χ3n) is 6.04. The van der Waals surface area contributed by atoms with Crippen molar-refractivity contribution in [3.8, 4) is 0 Å². The molecule has 174 valence electrons. The number of carbonyl (C=O) groups is 2. The lowest BCUT2D eigenvalue weighted by Crippen LogP contribution is -2.31. The number of nitrogens with zero attached hydrogens (tertiary/aromatic N) is 1. The molecule has 0 spiro atoms. The first-order chi connectivity index (χ1) is 16.2. The standard InChI is InChI=1S/C27H26N2O4S/c1-18-9-12-24(15-19(18)2)25-20(3)27(31)29(34(25,32)33)17-22-10-13-23(14-11-22)26(30)28-16-21-7-5-4-6-8-21/h4-15H,16-17H2,1-3H3,(H,28,30). The molecule has 1 aliphatic rings. The van der Waals surface area contributed by atoms with Crippen LogP contribution in [0.15, 0.2) is 78.4 Å². The van der Waals surface area contributed by atoms with Gasteiger partial charge in [-0.25, -0.2) is 12.7 Å². The fraction of sp³-hybridized carbons (Fsp3) is 0.185. The van der Waals surface area contributed by atoms with Crippen LogP contribution in [0.3, 0.4) is 0 Å². The number of hydrogen-bond donors (Lipinski definition) is 1. The van der Waals surface area contributed by atoms with E-state index >= 15 is 0 Å². The van der Waals surface area contributed by atoms with Crippen molar-refractivity contribution < 1.29 is 18.0 Å². The molecular weight excluding hydrogens is 448 g/mol. The Labute approximate surface area is 200 Å². The van der Waals surface area contributed by atoms with Crippen molar-refractivity contribution in [2.24, 2.45) is 0 Å².